The van der Waals surface area contributed by atoms with Gasteiger partial charge >= 0.3 is 18.2 Å². The average molecular weight is 673 g/mol. The first kappa shape index (κ1) is 35.8. The first-order chi connectivity index (χ1) is 23.0. The summed E-state index contributed by atoms with van der Waals surface area (Å²) in [5, 5.41) is 15.0. The Kier molecular flexibility index (Phi) is 12.8. The third kappa shape index (κ3) is 8.55. The van der Waals surface area contributed by atoms with Gasteiger partial charge in [-0.05, 0) is 57.3 Å². The van der Waals surface area contributed by atoms with Gasteiger partial charge in [-0.1, -0.05) is 97.1 Å². The molecule has 0 heterocycles. The predicted molar refractivity (Wildman–Crippen MR) is 185 cm³/mol. The molecule has 0 saturated carbocycles. The van der Waals surface area contributed by atoms with Crippen LogP contribution in [0, 0.1) is 0 Å². The molecule has 2 amide bonds. The van der Waals surface area contributed by atoms with E-state index in [4.69, 9.17) is 9.47 Å². The summed E-state index contributed by atoms with van der Waals surface area (Å²) >= 11 is 0. The van der Waals surface area contributed by atoms with E-state index in [1.54, 1.807) is 4.90 Å². The number of rotatable bonds is 14. The Labute approximate surface area is 323 Å². The van der Waals surface area contributed by atoms with Crippen LogP contribution in [0.4, 0.5) is 9.59 Å². The summed E-state index contributed by atoms with van der Waals surface area (Å²) in [6.07, 6.45) is 0.113. The Bertz CT molecular complexity index is 1540. The van der Waals surface area contributed by atoms with Crippen molar-refractivity contribution in [2.24, 2.45) is 0 Å². The van der Waals surface area contributed by atoms with Crippen molar-refractivity contribution in [3.05, 3.63) is 119 Å². The largest absolute Gasteiger partial charge is 0.480 e. The maximum absolute atomic E-state index is 12.5. The molecule has 0 fully saturated rings. The zero-order valence-corrected chi connectivity index (χ0v) is 30.3. The van der Waals surface area contributed by atoms with Gasteiger partial charge in [-0.3, -0.25) is 9.69 Å². The first-order valence-corrected chi connectivity index (χ1v) is 16.1. The van der Waals surface area contributed by atoms with Gasteiger partial charge in [0.1, 0.15) is 13.2 Å². The van der Waals surface area contributed by atoms with E-state index in [9.17, 15) is 19.5 Å². The number of fused-ring (bicyclic) bond motifs is 6. The number of carboxylic acids is 1. The molecule has 0 unspecified atom stereocenters. The maximum Gasteiger partial charge on any atom is 0.407 e. The predicted octanol–water partition coefficient (Wildman–Crippen LogP) is 5.85. The normalized spacial score (nSPS) is 12.7. The Morgan fingerprint density at radius 1 is 0.583 bits per heavy atom. The smallest absolute Gasteiger partial charge is 0.407 e. The van der Waals surface area contributed by atoms with Crippen molar-refractivity contribution in [2.45, 2.75) is 24.7 Å². The Morgan fingerprint density at radius 2 is 0.917 bits per heavy atom. The average Bonchev–Trinajstić information content (AvgIpc) is 3.58. The van der Waals surface area contributed by atoms with E-state index in [2.05, 4.69) is 59.2 Å². The van der Waals surface area contributed by atoms with Crippen molar-refractivity contribution >= 4 is 69.5 Å². The van der Waals surface area contributed by atoms with Crippen LogP contribution in [0.25, 0.3) is 22.3 Å². The van der Waals surface area contributed by atoms with E-state index in [-0.39, 0.29) is 83.0 Å². The number of hydrogen-bond donors (Lipinski definition) is 3. The van der Waals surface area contributed by atoms with E-state index >= 15 is 0 Å². The van der Waals surface area contributed by atoms with Gasteiger partial charge < -0.3 is 25.2 Å². The van der Waals surface area contributed by atoms with Gasteiger partial charge in [-0.15, -0.1) is 0 Å². The van der Waals surface area contributed by atoms with Gasteiger partial charge in [0.25, 0.3) is 0 Å². The number of benzene rings is 4. The molecule has 9 nitrogen and oxygen atoms in total. The van der Waals surface area contributed by atoms with Crippen molar-refractivity contribution in [3.63, 3.8) is 0 Å². The number of nitrogens with zero attached hydrogens (tertiary/aromatic N) is 1. The second kappa shape index (κ2) is 17.2. The minimum atomic E-state index is -0.931. The summed E-state index contributed by atoms with van der Waals surface area (Å²) in [4.78, 5) is 38.2. The van der Waals surface area contributed by atoms with E-state index in [0.29, 0.717) is 39.0 Å². The molecule has 4 aromatic rings. The van der Waals surface area contributed by atoms with Crippen molar-refractivity contribution < 1.29 is 29.0 Å². The fraction of sp³-hybridized carbons (Fsp3) is 0.289. The number of amides is 2. The van der Waals surface area contributed by atoms with Crippen LogP contribution in [-0.2, 0) is 14.3 Å². The van der Waals surface area contributed by atoms with Crippen molar-refractivity contribution in [1.29, 1.82) is 0 Å². The molecule has 2 aliphatic carbocycles. The molecule has 0 bridgehead atoms. The molecular formula is C38H39KN3O6. The van der Waals surface area contributed by atoms with Crippen LogP contribution in [-0.4, -0.2) is 125 Å². The Hall–Kier alpha value is -3.51. The summed E-state index contributed by atoms with van der Waals surface area (Å²) in [6, 6.07) is 32.7. The molecule has 0 saturated heterocycles. The number of ether oxygens (including phenoxy) is 2. The van der Waals surface area contributed by atoms with Crippen LogP contribution < -0.4 is 10.6 Å². The summed E-state index contributed by atoms with van der Waals surface area (Å²) < 4.78 is 11.2. The van der Waals surface area contributed by atoms with E-state index in [1.165, 1.54) is 22.3 Å². The molecule has 4 aromatic carbocycles. The fourth-order valence-electron chi connectivity index (χ4n) is 6.75. The van der Waals surface area contributed by atoms with Crippen LogP contribution in [0.1, 0.15) is 46.9 Å². The van der Waals surface area contributed by atoms with Crippen LogP contribution in [0.3, 0.4) is 0 Å². The summed E-state index contributed by atoms with van der Waals surface area (Å²) in [5.41, 5.74) is 9.29. The third-order valence-corrected chi connectivity index (χ3v) is 8.89. The van der Waals surface area contributed by atoms with Crippen molar-refractivity contribution in [3.8, 4) is 22.3 Å². The topological polar surface area (TPSA) is 117 Å². The maximum atomic E-state index is 12.5. The van der Waals surface area contributed by atoms with Crippen LogP contribution in [0.2, 0.25) is 0 Å². The number of nitrogens with one attached hydrogen (secondary N) is 2. The molecule has 0 spiro atoms. The van der Waals surface area contributed by atoms with E-state index in [0.717, 1.165) is 22.3 Å². The molecule has 243 valence electrons. The van der Waals surface area contributed by atoms with E-state index in [1.807, 2.05) is 48.5 Å². The van der Waals surface area contributed by atoms with Gasteiger partial charge in [-0.25, -0.2) is 9.59 Å². The molecule has 1 radical (unpaired) electrons. The standard InChI is InChI=1S/C38H39N3O6.K/c42-36(43)23-41(21-9-19-39-37(44)46-24-34-30-15-5-1-11-26(30)27-12-2-6-16-31(27)34)22-10-20-40-38(45)47-25-35-32-17-7-3-13-28(32)29-14-4-8-18-33(29)35;/h1-8,11-18,34-35H,9-10,19-25H2,(H,39,44)(H,40,45)(H,42,43);. The van der Waals surface area contributed by atoms with E-state index < -0.39 is 18.2 Å². The number of carboxylic acid groups (broad SMARTS) is 1. The summed E-state index contributed by atoms with van der Waals surface area (Å²) in [6.45, 7) is 2.00. The number of carbonyl (C=O) groups excluding carboxylic acids is 2. The zero-order chi connectivity index (χ0) is 32.6. The fourth-order valence-corrected chi connectivity index (χ4v) is 6.75. The van der Waals surface area contributed by atoms with Gasteiger partial charge in [0.15, 0.2) is 0 Å². The number of alkyl carbamates (subject to hydrolysis) is 2. The number of aliphatic carboxylic acids is 1. The first-order valence-electron chi connectivity index (χ1n) is 16.1. The van der Waals surface area contributed by atoms with Gasteiger partial charge in [0.05, 0.1) is 6.54 Å². The SMILES string of the molecule is O=C(O)CN(CCCNC(=O)OCC1c2ccccc2-c2ccccc21)CCCNC(=O)OCC1c2ccccc2-c2ccccc21.[K]. The third-order valence-electron chi connectivity index (χ3n) is 8.89. The van der Waals surface area contributed by atoms with Crippen LogP contribution >= 0.6 is 0 Å². The van der Waals surface area contributed by atoms with Crippen molar-refractivity contribution in [1.82, 2.24) is 15.5 Å². The van der Waals surface area contributed by atoms with Gasteiger partial charge in [-0.2, -0.15) is 0 Å². The molecular weight excluding hydrogens is 634 g/mol. The molecule has 0 atom stereocenters. The second-order valence-electron chi connectivity index (χ2n) is 11.9. The van der Waals surface area contributed by atoms with Crippen LogP contribution in [0.5, 0.6) is 0 Å². The minimum Gasteiger partial charge on any atom is -0.480 e. The van der Waals surface area contributed by atoms with Crippen molar-refractivity contribution in [2.75, 3.05) is 45.9 Å². The Morgan fingerprint density at radius 3 is 1.25 bits per heavy atom. The van der Waals surface area contributed by atoms with Gasteiger partial charge in [0.2, 0.25) is 0 Å². The molecule has 48 heavy (non-hydrogen) atoms. The number of hydrogen-bond acceptors (Lipinski definition) is 6. The summed E-state index contributed by atoms with van der Waals surface area (Å²) in [5.74, 6) is -0.957. The quantitative estimate of drug-likeness (QED) is 0.114. The molecule has 0 aliphatic heterocycles. The molecule has 0 aromatic heterocycles. The second-order valence-corrected chi connectivity index (χ2v) is 11.9. The Balaban J connectivity index is 0.00000451. The molecule has 3 N–H and O–H groups in total. The molecule has 10 heteroatoms. The zero-order valence-electron chi connectivity index (χ0n) is 27.2. The summed E-state index contributed by atoms with van der Waals surface area (Å²) in [7, 11) is 0. The number of carbonyl (C=O) groups is 3. The monoisotopic (exact) mass is 672 g/mol. The molecule has 6 rings (SSSR count). The van der Waals surface area contributed by atoms with Gasteiger partial charge in [0, 0.05) is 89.4 Å². The minimum absolute atomic E-state index is 0. The molecule has 2 aliphatic rings. The van der Waals surface area contributed by atoms with Crippen LogP contribution in [0.15, 0.2) is 97.1 Å².